The van der Waals surface area contributed by atoms with Crippen molar-refractivity contribution in [3.63, 3.8) is 0 Å². The number of carbonyl (C=O) groups excluding carboxylic acids is 1. The second-order valence-corrected chi connectivity index (χ2v) is 11.6. The molecule has 9 nitrogen and oxygen atoms in total. The summed E-state index contributed by atoms with van der Waals surface area (Å²) in [6, 6.07) is 6.56. The molecule has 0 bridgehead atoms. The minimum absolute atomic E-state index is 0.0357. The first-order valence-corrected chi connectivity index (χ1v) is 13.3. The molecule has 2 aliphatic rings. The van der Waals surface area contributed by atoms with Gasteiger partial charge < -0.3 is 15.4 Å². The van der Waals surface area contributed by atoms with Crippen molar-refractivity contribution in [1.82, 2.24) is 29.4 Å². The highest BCUT2D eigenvalue weighted by atomic mass is 79.9. The number of aromatic nitrogens is 5. The van der Waals surface area contributed by atoms with Gasteiger partial charge in [-0.2, -0.15) is 10.2 Å². The van der Waals surface area contributed by atoms with E-state index in [1.54, 1.807) is 11.1 Å². The summed E-state index contributed by atoms with van der Waals surface area (Å²) >= 11 is 3.63. The van der Waals surface area contributed by atoms with E-state index in [-0.39, 0.29) is 12.1 Å². The topological polar surface area (TPSA) is 104 Å². The zero-order valence-electron chi connectivity index (χ0n) is 21.0. The molecular weight excluding hydrogens is 534 g/mol. The molecule has 1 amide bonds. The highest BCUT2D eigenvalue weighted by Crippen LogP contribution is 2.36. The molecule has 0 unspecified atom stereocenters. The normalized spacial score (nSPS) is 17.8. The predicted molar refractivity (Wildman–Crippen MR) is 145 cm³/mol. The van der Waals surface area contributed by atoms with Gasteiger partial charge in [-0.25, -0.2) is 9.78 Å². The molecule has 1 atom stereocenters. The molecule has 0 radical (unpaired) electrons. The quantitative estimate of drug-likeness (QED) is 0.344. The third-order valence-electron chi connectivity index (χ3n) is 6.64. The summed E-state index contributed by atoms with van der Waals surface area (Å²) in [5.41, 5.74) is 8.94. The molecule has 2 N–H and O–H groups in total. The smallest absolute Gasteiger partial charge is 0.410 e. The molecule has 1 aliphatic carbocycles. The highest BCUT2D eigenvalue weighted by molar-refractivity contribution is 9.10. The van der Waals surface area contributed by atoms with Gasteiger partial charge in [-0.1, -0.05) is 5.92 Å². The van der Waals surface area contributed by atoms with Gasteiger partial charge in [0.05, 0.1) is 33.0 Å². The Bertz CT molecular complexity index is 1600. The van der Waals surface area contributed by atoms with Gasteiger partial charge in [-0.3, -0.25) is 9.36 Å². The van der Waals surface area contributed by atoms with Gasteiger partial charge in [0.25, 0.3) is 0 Å². The minimum atomic E-state index is -0.543. The Labute approximate surface area is 223 Å². The molecule has 4 aromatic rings. The molecule has 1 saturated carbocycles. The highest BCUT2D eigenvalue weighted by Gasteiger charge is 2.33. The molecule has 2 fully saturated rings. The maximum Gasteiger partial charge on any atom is 0.410 e. The lowest BCUT2D eigenvalue weighted by Crippen LogP contribution is -2.35. The third kappa shape index (κ3) is 4.64. The number of nitrogens with two attached hydrogens (primary N) is 1. The summed E-state index contributed by atoms with van der Waals surface area (Å²) < 4.78 is 10.3. The maximum absolute atomic E-state index is 12.6. The van der Waals surface area contributed by atoms with Crippen molar-refractivity contribution in [2.24, 2.45) is 0 Å². The van der Waals surface area contributed by atoms with E-state index in [9.17, 15) is 4.79 Å². The number of amides is 1. The SMILES string of the molecule is CC(C)(C)OC(=O)N1CC[C@H](n2nc(C#Cc3ccc4cn(C5CC5)nc4c3)c3c(N)ncc(Br)c32)C1. The molecule has 190 valence electrons. The van der Waals surface area contributed by atoms with Crippen LogP contribution in [0.15, 0.2) is 35.1 Å². The summed E-state index contributed by atoms with van der Waals surface area (Å²) in [5.74, 6) is 6.84. The fourth-order valence-corrected chi connectivity index (χ4v) is 5.20. The van der Waals surface area contributed by atoms with E-state index in [4.69, 9.17) is 20.7 Å². The van der Waals surface area contributed by atoms with Crippen molar-refractivity contribution in [2.75, 3.05) is 18.8 Å². The zero-order valence-corrected chi connectivity index (χ0v) is 22.6. The number of fused-ring (bicyclic) bond motifs is 2. The van der Waals surface area contributed by atoms with E-state index in [1.165, 1.54) is 12.8 Å². The van der Waals surface area contributed by atoms with E-state index in [2.05, 4.69) is 49.7 Å². The molecule has 1 saturated heterocycles. The van der Waals surface area contributed by atoms with E-state index < -0.39 is 5.60 Å². The average Bonchev–Trinajstić information content (AvgIpc) is 3.26. The molecule has 10 heteroatoms. The number of ether oxygens (including phenoxy) is 1. The second kappa shape index (κ2) is 8.77. The largest absolute Gasteiger partial charge is 0.444 e. The standard InChI is InChI=1S/C27H28BrN7O2/c1-27(2,3)37-26(36)33-11-10-19(15-33)35-24-20(28)13-30-25(29)23(24)21(32-35)9-5-16-4-6-17-14-34(18-7-8-18)31-22(17)12-16/h4,6,12-14,18-19H,7-8,10-11,15H2,1-3H3,(H2,29,30)/t19-/m0/s1. The van der Waals surface area contributed by atoms with Crippen LogP contribution in [0, 0.1) is 11.8 Å². The summed E-state index contributed by atoms with van der Waals surface area (Å²) in [5, 5.41) is 11.4. The Kier molecular flexibility index (Phi) is 5.64. The average molecular weight is 562 g/mol. The minimum Gasteiger partial charge on any atom is -0.444 e. The number of benzene rings is 1. The van der Waals surface area contributed by atoms with Gasteiger partial charge in [-0.15, -0.1) is 0 Å². The Balaban J connectivity index is 1.33. The Morgan fingerprint density at radius 1 is 1.16 bits per heavy atom. The first kappa shape index (κ1) is 23.8. The van der Waals surface area contributed by atoms with Gasteiger partial charge in [0.2, 0.25) is 0 Å². The number of rotatable bonds is 2. The summed E-state index contributed by atoms with van der Waals surface area (Å²) in [7, 11) is 0. The number of hydrogen-bond acceptors (Lipinski definition) is 6. The number of likely N-dealkylation sites (tertiary alicyclic amines) is 1. The molecule has 6 rings (SSSR count). The van der Waals surface area contributed by atoms with Crippen LogP contribution in [0.2, 0.25) is 0 Å². The lowest BCUT2D eigenvalue weighted by atomic mass is 10.1. The van der Waals surface area contributed by atoms with Gasteiger partial charge in [0.1, 0.15) is 17.1 Å². The van der Waals surface area contributed by atoms with E-state index in [0.717, 1.165) is 32.9 Å². The fraction of sp³-hybridized carbons (Fsp3) is 0.407. The van der Waals surface area contributed by atoms with E-state index >= 15 is 0 Å². The van der Waals surface area contributed by atoms with Crippen molar-refractivity contribution in [1.29, 1.82) is 0 Å². The van der Waals surface area contributed by atoms with Gasteiger partial charge in [0.15, 0.2) is 0 Å². The Morgan fingerprint density at radius 3 is 2.73 bits per heavy atom. The van der Waals surface area contributed by atoms with Gasteiger partial charge in [0, 0.05) is 36.4 Å². The number of nitrogens with zero attached hydrogens (tertiary/aromatic N) is 6. The monoisotopic (exact) mass is 561 g/mol. The molecule has 3 aromatic heterocycles. The van der Waals surface area contributed by atoms with Crippen LogP contribution in [0.1, 0.15) is 63.4 Å². The maximum atomic E-state index is 12.6. The van der Waals surface area contributed by atoms with Crippen molar-refractivity contribution >= 4 is 49.6 Å². The van der Waals surface area contributed by atoms with Crippen molar-refractivity contribution in [3.8, 4) is 11.8 Å². The van der Waals surface area contributed by atoms with Crippen molar-refractivity contribution in [2.45, 2.75) is 57.7 Å². The van der Waals surface area contributed by atoms with Gasteiger partial charge >= 0.3 is 6.09 Å². The van der Waals surface area contributed by atoms with Crippen LogP contribution in [-0.2, 0) is 4.74 Å². The van der Waals surface area contributed by atoms with Crippen molar-refractivity contribution < 1.29 is 9.53 Å². The summed E-state index contributed by atoms with van der Waals surface area (Å²) in [6.45, 7) is 6.69. The lowest BCUT2D eigenvalue weighted by Gasteiger charge is -2.24. The fourth-order valence-electron chi connectivity index (χ4n) is 4.71. The number of nitrogen functional groups attached to an aromatic ring is 1. The van der Waals surface area contributed by atoms with E-state index in [1.807, 2.05) is 37.6 Å². The molecule has 1 aromatic carbocycles. The third-order valence-corrected chi connectivity index (χ3v) is 7.22. The first-order chi connectivity index (χ1) is 17.7. The van der Waals surface area contributed by atoms with E-state index in [0.29, 0.717) is 36.0 Å². The molecule has 4 heterocycles. The van der Waals surface area contributed by atoms with Crippen LogP contribution in [0.5, 0.6) is 0 Å². The number of pyridine rings is 1. The predicted octanol–water partition coefficient (Wildman–Crippen LogP) is 5.04. The van der Waals surface area contributed by atoms with Crippen LogP contribution in [0.25, 0.3) is 21.8 Å². The van der Waals surface area contributed by atoms with Crippen LogP contribution < -0.4 is 5.73 Å². The first-order valence-electron chi connectivity index (χ1n) is 12.5. The second-order valence-electron chi connectivity index (χ2n) is 10.7. The Morgan fingerprint density at radius 2 is 1.97 bits per heavy atom. The molecule has 37 heavy (non-hydrogen) atoms. The zero-order chi connectivity index (χ0) is 25.9. The van der Waals surface area contributed by atoms with Crippen LogP contribution >= 0.6 is 15.9 Å². The van der Waals surface area contributed by atoms with Crippen LogP contribution in [0.3, 0.4) is 0 Å². The van der Waals surface area contributed by atoms with Crippen LogP contribution in [0.4, 0.5) is 10.6 Å². The Hall–Kier alpha value is -3.58. The lowest BCUT2D eigenvalue weighted by molar-refractivity contribution is 0.0288. The van der Waals surface area contributed by atoms with Crippen molar-refractivity contribution in [3.05, 3.63) is 46.3 Å². The van der Waals surface area contributed by atoms with Crippen LogP contribution in [-0.4, -0.2) is 54.2 Å². The molecule has 1 aliphatic heterocycles. The number of carbonyl (C=O) groups is 1. The summed E-state index contributed by atoms with van der Waals surface area (Å²) in [4.78, 5) is 18.7. The number of hydrogen-bond donors (Lipinski definition) is 1. The summed E-state index contributed by atoms with van der Waals surface area (Å²) in [6.07, 6.45) is 6.60. The van der Waals surface area contributed by atoms with Gasteiger partial charge in [-0.05, 0) is 80.1 Å². The number of anilines is 1. The number of halogens is 1. The molecular formula is C27H28BrN7O2. The molecule has 0 spiro atoms.